The molecule has 4 nitrogen and oxygen atoms in total. The first kappa shape index (κ1) is 13.6. The largest absolute Gasteiger partial charge is 0.445 e. The zero-order valence-electron chi connectivity index (χ0n) is 11.0. The van der Waals surface area contributed by atoms with Crippen molar-refractivity contribution in [2.75, 3.05) is 13.1 Å². The highest BCUT2D eigenvalue weighted by Gasteiger charge is 2.22. The van der Waals surface area contributed by atoms with Gasteiger partial charge < -0.3 is 14.4 Å². The maximum Gasteiger partial charge on any atom is 0.410 e. The first-order valence-electron chi connectivity index (χ1n) is 6.70. The van der Waals surface area contributed by atoms with Gasteiger partial charge in [-0.05, 0) is 18.4 Å². The molecule has 102 valence electrons. The van der Waals surface area contributed by atoms with Crippen molar-refractivity contribution < 1.29 is 14.3 Å². The lowest BCUT2D eigenvalue weighted by Gasteiger charge is -2.21. The zero-order valence-corrected chi connectivity index (χ0v) is 11.0. The summed E-state index contributed by atoms with van der Waals surface area (Å²) >= 11 is 0. The lowest BCUT2D eigenvalue weighted by atomic mass is 10.1. The minimum Gasteiger partial charge on any atom is -0.445 e. The summed E-state index contributed by atoms with van der Waals surface area (Å²) in [5.41, 5.74) is 0.970. The van der Waals surface area contributed by atoms with Gasteiger partial charge in [0, 0.05) is 19.0 Å². The Labute approximate surface area is 113 Å². The Balaban J connectivity index is 1.86. The second kappa shape index (κ2) is 6.92. The molecule has 0 bridgehead atoms. The van der Waals surface area contributed by atoms with Crippen molar-refractivity contribution in [2.45, 2.75) is 25.9 Å². The van der Waals surface area contributed by atoms with Gasteiger partial charge >= 0.3 is 6.09 Å². The van der Waals surface area contributed by atoms with Crippen molar-refractivity contribution in [1.29, 1.82) is 0 Å². The highest BCUT2D eigenvalue weighted by molar-refractivity contribution is 5.68. The minimum atomic E-state index is -0.322. The highest BCUT2D eigenvalue weighted by Crippen LogP contribution is 2.15. The van der Waals surface area contributed by atoms with Crippen LogP contribution in [0.1, 0.15) is 24.8 Å². The smallest absolute Gasteiger partial charge is 0.410 e. The fourth-order valence-electron chi connectivity index (χ4n) is 2.26. The van der Waals surface area contributed by atoms with Crippen molar-refractivity contribution in [1.82, 2.24) is 4.90 Å². The summed E-state index contributed by atoms with van der Waals surface area (Å²) in [5.74, 6) is -0.0493. The molecule has 1 amide bonds. The number of hydrogen-bond donors (Lipinski definition) is 0. The lowest BCUT2D eigenvalue weighted by molar-refractivity contribution is -0.111. The number of ether oxygens (including phenoxy) is 1. The molecule has 2 rings (SSSR count). The van der Waals surface area contributed by atoms with E-state index in [9.17, 15) is 9.59 Å². The molecule has 4 heteroatoms. The van der Waals surface area contributed by atoms with Crippen molar-refractivity contribution in [3.8, 4) is 0 Å². The number of rotatable bonds is 3. The Morgan fingerprint density at radius 2 is 2.11 bits per heavy atom. The van der Waals surface area contributed by atoms with Gasteiger partial charge in [0.05, 0.1) is 0 Å². The van der Waals surface area contributed by atoms with Crippen LogP contribution in [0.15, 0.2) is 30.3 Å². The molecule has 1 aliphatic rings. The van der Waals surface area contributed by atoms with E-state index in [1.165, 1.54) is 0 Å². The van der Waals surface area contributed by atoms with Crippen LogP contribution in [0.4, 0.5) is 4.79 Å². The molecule has 1 aromatic carbocycles. The summed E-state index contributed by atoms with van der Waals surface area (Å²) in [6, 6.07) is 9.59. The average molecular weight is 261 g/mol. The minimum absolute atomic E-state index is 0.0493. The predicted octanol–water partition coefficient (Wildman–Crippen LogP) is 2.62. The Morgan fingerprint density at radius 3 is 2.84 bits per heavy atom. The quantitative estimate of drug-likeness (QED) is 0.786. The molecule has 0 spiro atoms. The number of nitrogens with zero attached hydrogens (tertiary/aromatic N) is 1. The van der Waals surface area contributed by atoms with E-state index in [1.807, 2.05) is 30.3 Å². The summed E-state index contributed by atoms with van der Waals surface area (Å²) in [7, 11) is 0. The van der Waals surface area contributed by atoms with Gasteiger partial charge in [-0.1, -0.05) is 36.8 Å². The molecule has 1 heterocycles. The Bertz CT molecular complexity index is 419. The topological polar surface area (TPSA) is 46.6 Å². The van der Waals surface area contributed by atoms with Gasteiger partial charge in [0.25, 0.3) is 0 Å². The van der Waals surface area contributed by atoms with Gasteiger partial charge in [0.1, 0.15) is 12.9 Å². The van der Waals surface area contributed by atoms with E-state index < -0.39 is 0 Å². The predicted molar refractivity (Wildman–Crippen MR) is 71.6 cm³/mol. The van der Waals surface area contributed by atoms with Crippen LogP contribution >= 0.6 is 0 Å². The average Bonchev–Trinajstić information content (AvgIpc) is 2.71. The van der Waals surface area contributed by atoms with Gasteiger partial charge in [-0.3, -0.25) is 0 Å². The third-order valence-corrected chi connectivity index (χ3v) is 3.36. The Kier molecular flexibility index (Phi) is 4.95. The molecule has 1 unspecified atom stereocenters. The van der Waals surface area contributed by atoms with E-state index in [0.717, 1.165) is 31.1 Å². The second-order valence-electron chi connectivity index (χ2n) is 4.88. The molecule has 19 heavy (non-hydrogen) atoms. The maximum absolute atomic E-state index is 12.0. The number of benzene rings is 1. The van der Waals surface area contributed by atoms with Gasteiger partial charge in [-0.15, -0.1) is 0 Å². The van der Waals surface area contributed by atoms with E-state index >= 15 is 0 Å². The van der Waals surface area contributed by atoms with Crippen molar-refractivity contribution >= 4 is 12.4 Å². The lowest BCUT2D eigenvalue weighted by Crippen LogP contribution is -2.35. The summed E-state index contributed by atoms with van der Waals surface area (Å²) < 4.78 is 5.29. The van der Waals surface area contributed by atoms with Crippen LogP contribution in [-0.2, 0) is 16.1 Å². The van der Waals surface area contributed by atoms with Crippen LogP contribution < -0.4 is 0 Å². The van der Waals surface area contributed by atoms with E-state index in [4.69, 9.17) is 4.74 Å². The molecule has 0 aliphatic carbocycles. The molecular formula is C15H19NO3. The fraction of sp³-hybridized carbons (Fsp3) is 0.467. The first-order valence-corrected chi connectivity index (χ1v) is 6.70. The first-order chi connectivity index (χ1) is 9.29. The molecule has 1 aromatic rings. The molecule has 1 saturated heterocycles. The number of likely N-dealkylation sites (tertiary alicyclic amines) is 1. The van der Waals surface area contributed by atoms with Crippen LogP contribution in [-0.4, -0.2) is 30.4 Å². The monoisotopic (exact) mass is 261 g/mol. The number of carbonyl (C=O) groups excluding carboxylic acids is 2. The van der Waals surface area contributed by atoms with E-state index in [0.29, 0.717) is 13.1 Å². The van der Waals surface area contributed by atoms with Gasteiger partial charge in [-0.25, -0.2) is 4.79 Å². The van der Waals surface area contributed by atoms with Gasteiger partial charge in [0.15, 0.2) is 0 Å². The highest BCUT2D eigenvalue weighted by atomic mass is 16.6. The van der Waals surface area contributed by atoms with Crippen LogP contribution in [0.3, 0.4) is 0 Å². The van der Waals surface area contributed by atoms with E-state index in [-0.39, 0.29) is 18.6 Å². The van der Waals surface area contributed by atoms with E-state index in [1.54, 1.807) is 4.90 Å². The number of aldehydes is 1. The zero-order chi connectivity index (χ0) is 13.5. The van der Waals surface area contributed by atoms with Crippen molar-refractivity contribution in [2.24, 2.45) is 5.92 Å². The third-order valence-electron chi connectivity index (χ3n) is 3.36. The molecule has 1 atom stereocenters. The SMILES string of the molecule is O=CC1CCCCN(C(=O)OCc2ccccc2)C1. The molecule has 0 radical (unpaired) electrons. The van der Waals surface area contributed by atoms with Crippen LogP contribution in [0, 0.1) is 5.92 Å². The standard InChI is InChI=1S/C15H19NO3/c17-11-14-8-4-5-9-16(10-14)15(18)19-12-13-6-2-1-3-7-13/h1-3,6-7,11,14H,4-5,8-10,12H2. The molecule has 1 aliphatic heterocycles. The third kappa shape index (κ3) is 4.09. The molecule has 1 fully saturated rings. The van der Waals surface area contributed by atoms with E-state index in [2.05, 4.69) is 0 Å². The molecule has 0 N–H and O–H groups in total. The number of hydrogen-bond acceptors (Lipinski definition) is 3. The summed E-state index contributed by atoms with van der Waals surface area (Å²) in [4.78, 5) is 24.5. The Hall–Kier alpha value is -1.84. The summed E-state index contributed by atoms with van der Waals surface area (Å²) in [6.45, 7) is 1.44. The van der Waals surface area contributed by atoms with Crippen molar-refractivity contribution in [3.05, 3.63) is 35.9 Å². The second-order valence-corrected chi connectivity index (χ2v) is 4.88. The Morgan fingerprint density at radius 1 is 1.32 bits per heavy atom. The summed E-state index contributed by atoms with van der Waals surface area (Å²) in [6.07, 6.45) is 3.42. The van der Waals surface area contributed by atoms with Crippen LogP contribution in [0.2, 0.25) is 0 Å². The number of carbonyl (C=O) groups is 2. The summed E-state index contributed by atoms with van der Waals surface area (Å²) in [5, 5.41) is 0. The number of amides is 1. The molecule has 0 saturated carbocycles. The normalized spacial score (nSPS) is 19.6. The van der Waals surface area contributed by atoms with Crippen molar-refractivity contribution in [3.63, 3.8) is 0 Å². The van der Waals surface area contributed by atoms with Gasteiger partial charge in [-0.2, -0.15) is 0 Å². The van der Waals surface area contributed by atoms with Crippen LogP contribution in [0.5, 0.6) is 0 Å². The fourth-order valence-corrected chi connectivity index (χ4v) is 2.26. The maximum atomic E-state index is 12.0. The molecular weight excluding hydrogens is 242 g/mol. The van der Waals surface area contributed by atoms with Crippen LogP contribution in [0.25, 0.3) is 0 Å². The molecule has 0 aromatic heterocycles. The van der Waals surface area contributed by atoms with Gasteiger partial charge in [0.2, 0.25) is 0 Å².